The number of hydrogen-bond donors (Lipinski definition) is 1. The maximum Gasteiger partial charge on any atom is 0.270 e. The van der Waals surface area contributed by atoms with Gasteiger partial charge in [0.1, 0.15) is 11.9 Å². The van der Waals surface area contributed by atoms with Crippen LogP contribution in [0.1, 0.15) is 27.8 Å². The van der Waals surface area contributed by atoms with E-state index in [4.69, 9.17) is 0 Å². The molecule has 0 aliphatic carbocycles. The number of nitrogens with zero attached hydrogens (tertiary/aromatic N) is 4. The Morgan fingerprint density at radius 1 is 1.44 bits per heavy atom. The number of aryl methyl sites for hydroxylation is 2. The summed E-state index contributed by atoms with van der Waals surface area (Å²) < 4.78 is 1.89. The number of aromatic nitrogens is 2. The van der Waals surface area contributed by atoms with E-state index in [1.54, 1.807) is 24.1 Å². The summed E-state index contributed by atoms with van der Waals surface area (Å²) in [6.07, 6.45) is 3.54. The molecule has 1 amide bonds. The minimum atomic E-state index is -0.482. The van der Waals surface area contributed by atoms with Gasteiger partial charge in [0.2, 0.25) is 0 Å². The zero-order valence-electron chi connectivity index (χ0n) is 14.0. The van der Waals surface area contributed by atoms with Gasteiger partial charge in [-0.3, -0.25) is 14.9 Å². The fourth-order valence-corrected chi connectivity index (χ4v) is 2.98. The average molecular weight is 366 g/mol. The van der Waals surface area contributed by atoms with E-state index in [0.717, 1.165) is 11.4 Å². The molecule has 2 aromatic rings. The topological polar surface area (TPSA) is 93.3 Å². The predicted octanol–water partition coefficient (Wildman–Crippen LogP) is 1.85. The van der Waals surface area contributed by atoms with Crippen LogP contribution < -0.4 is 5.32 Å². The first-order chi connectivity index (χ1) is 11.5. The van der Waals surface area contributed by atoms with Crippen molar-refractivity contribution >= 4 is 24.0 Å². The zero-order chi connectivity index (χ0) is 17.3. The number of nitro benzene ring substituents is 1. The summed E-state index contributed by atoms with van der Waals surface area (Å²) in [5, 5.41) is 14.3. The van der Waals surface area contributed by atoms with E-state index < -0.39 is 4.92 Å². The standard InChI is InChI=1S/C16H19N5O3.ClH/c1-11-3-4-12(21(23)24)9-13(11)16(22)20-8-5-17-10-14(20)15-18-6-7-19(15)2;/h3-4,6-7,9,14,17H,5,8,10H2,1-2H3;1H. The van der Waals surface area contributed by atoms with Crippen molar-refractivity contribution in [1.29, 1.82) is 0 Å². The van der Waals surface area contributed by atoms with E-state index in [2.05, 4.69) is 10.3 Å². The van der Waals surface area contributed by atoms with Gasteiger partial charge in [-0.2, -0.15) is 0 Å². The first-order valence-corrected chi connectivity index (χ1v) is 7.73. The Kier molecular flexibility index (Phi) is 5.76. The second kappa shape index (κ2) is 7.62. The molecule has 1 atom stereocenters. The Balaban J connectivity index is 0.00000225. The molecule has 0 spiro atoms. The first-order valence-electron chi connectivity index (χ1n) is 7.73. The molecule has 134 valence electrons. The number of benzene rings is 1. The van der Waals surface area contributed by atoms with Crippen LogP contribution in [-0.2, 0) is 7.05 Å². The van der Waals surface area contributed by atoms with Gasteiger partial charge in [-0.05, 0) is 12.5 Å². The highest BCUT2D eigenvalue weighted by Crippen LogP contribution is 2.25. The highest BCUT2D eigenvalue weighted by Gasteiger charge is 2.32. The van der Waals surface area contributed by atoms with E-state index in [9.17, 15) is 14.9 Å². The van der Waals surface area contributed by atoms with Crippen molar-refractivity contribution in [3.8, 4) is 0 Å². The van der Waals surface area contributed by atoms with Gasteiger partial charge in [0, 0.05) is 56.8 Å². The number of halogens is 1. The average Bonchev–Trinajstić information content (AvgIpc) is 3.00. The van der Waals surface area contributed by atoms with Gasteiger partial charge < -0.3 is 14.8 Å². The van der Waals surface area contributed by atoms with Crippen molar-refractivity contribution in [2.24, 2.45) is 7.05 Å². The molecule has 1 aliphatic heterocycles. The molecule has 1 aliphatic rings. The molecule has 1 fully saturated rings. The normalized spacial score (nSPS) is 17.0. The van der Waals surface area contributed by atoms with E-state index in [1.807, 2.05) is 17.8 Å². The second-order valence-corrected chi connectivity index (χ2v) is 5.87. The Morgan fingerprint density at radius 3 is 2.84 bits per heavy atom. The number of amides is 1. The van der Waals surface area contributed by atoms with Crippen molar-refractivity contribution in [1.82, 2.24) is 19.8 Å². The van der Waals surface area contributed by atoms with Crippen LogP contribution in [0.15, 0.2) is 30.6 Å². The lowest BCUT2D eigenvalue weighted by atomic mass is 10.0. The second-order valence-electron chi connectivity index (χ2n) is 5.87. The minimum absolute atomic E-state index is 0. The molecular weight excluding hydrogens is 346 g/mol. The summed E-state index contributed by atoms with van der Waals surface area (Å²) in [6.45, 7) is 3.60. The molecule has 3 rings (SSSR count). The Labute approximate surface area is 151 Å². The summed E-state index contributed by atoms with van der Waals surface area (Å²) in [6, 6.07) is 4.18. The lowest BCUT2D eigenvalue weighted by Crippen LogP contribution is -2.49. The number of non-ortho nitro benzene ring substituents is 1. The third kappa shape index (κ3) is 3.64. The van der Waals surface area contributed by atoms with Gasteiger partial charge in [0.15, 0.2) is 0 Å². The highest BCUT2D eigenvalue weighted by atomic mass is 35.5. The van der Waals surface area contributed by atoms with E-state index in [-0.39, 0.29) is 30.0 Å². The number of nitro groups is 1. The highest BCUT2D eigenvalue weighted by molar-refractivity contribution is 5.96. The number of carbonyl (C=O) groups is 1. The molecule has 9 heteroatoms. The molecule has 0 radical (unpaired) electrons. The van der Waals surface area contributed by atoms with Gasteiger partial charge in [0.05, 0.1) is 4.92 Å². The third-order valence-corrected chi connectivity index (χ3v) is 4.32. The van der Waals surface area contributed by atoms with Gasteiger partial charge in [-0.25, -0.2) is 4.98 Å². The van der Waals surface area contributed by atoms with E-state index >= 15 is 0 Å². The van der Waals surface area contributed by atoms with Crippen LogP contribution in [0.3, 0.4) is 0 Å². The minimum Gasteiger partial charge on any atom is -0.336 e. The Bertz CT molecular complexity index is 792. The van der Waals surface area contributed by atoms with Crippen LogP contribution >= 0.6 is 12.4 Å². The van der Waals surface area contributed by atoms with Crippen molar-refractivity contribution < 1.29 is 9.72 Å². The number of piperazine rings is 1. The van der Waals surface area contributed by atoms with E-state index in [1.165, 1.54) is 12.1 Å². The summed E-state index contributed by atoms with van der Waals surface area (Å²) in [7, 11) is 1.89. The molecule has 1 unspecified atom stereocenters. The lowest BCUT2D eigenvalue weighted by Gasteiger charge is -2.36. The van der Waals surface area contributed by atoms with Crippen LogP contribution in [0.4, 0.5) is 5.69 Å². The Morgan fingerprint density at radius 2 is 2.20 bits per heavy atom. The van der Waals surface area contributed by atoms with Crippen LogP contribution in [0.2, 0.25) is 0 Å². The SMILES string of the molecule is Cc1ccc([N+](=O)[O-])cc1C(=O)N1CCNCC1c1nccn1C.Cl. The van der Waals surface area contributed by atoms with Crippen LogP contribution in [0.5, 0.6) is 0 Å². The van der Waals surface area contributed by atoms with Crippen LogP contribution in [0, 0.1) is 17.0 Å². The maximum absolute atomic E-state index is 13.1. The summed E-state index contributed by atoms with van der Waals surface area (Å²) >= 11 is 0. The fourth-order valence-electron chi connectivity index (χ4n) is 2.98. The molecule has 1 saturated heterocycles. The summed E-state index contributed by atoms with van der Waals surface area (Å²) in [5.74, 6) is 0.587. The van der Waals surface area contributed by atoms with Crippen LogP contribution in [-0.4, -0.2) is 44.9 Å². The number of nitrogens with one attached hydrogen (secondary N) is 1. The van der Waals surface area contributed by atoms with Gasteiger partial charge >= 0.3 is 0 Å². The molecule has 1 aromatic heterocycles. The van der Waals surface area contributed by atoms with Gasteiger partial charge in [-0.1, -0.05) is 6.07 Å². The number of carbonyl (C=O) groups excluding carboxylic acids is 1. The molecule has 0 bridgehead atoms. The first kappa shape index (κ1) is 18.9. The van der Waals surface area contributed by atoms with Gasteiger partial charge in [-0.15, -0.1) is 12.4 Å². The number of hydrogen-bond acceptors (Lipinski definition) is 5. The largest absolute Gasteiger partial charge is 0.336 e. The number of rotatable bonds is 3. The number of imidazole rings is 1. The maximum atomic E-state index is 13.1. The zero-order valence-corrected chi connectivity index (χ0v) is 14.8. The fraction of sp³-hybridized carbons (Fsp3) is 0.375. The lowest BCUT2D eigenvalue weighted by molar-refractivity contribution is -0.384. The van der Waals surface area contributed by atoms with E-state index in [0.29, 0.717) is 25.2 Å². The quantitative estimate of drug-likeness (QED) is 0.661. The molecular formula is C16H20ClN5O3. The van der Waals surface area contributed by atoms with Crippen LogP contribution in [0.25, 0.3) is 0 Å². The van der Waals surface area contributed by atoms with Crippen molar-refractivity contribution in [3.63, 3.8) is 0 Å². The molecule has 1 N–H and O–H groups in total. The van der Waals surface area contributed by atoms with Crippen molar-refractivity contribution in [2.75, 3.05) is 19.6 Å². The molecule has 2 heterocycles. The Hall–Kier alpha value is -2.45. The summed E-state index contributed by atoms with van der Waals surface area (Å²) in [5.41, 5.74) is 1.01. The summed E-state index contributed by atoms with van der Waals surface area (Å²) in [4.78, 5) is 29.7. The molecule has 0 saturated carbocycles. The molecule has 25 heavy (non-hydrogen) atoms. The van der Waals surface area contributed by atoms with Gasteiger partial charge in [0.25, 0.3) is 11.6 Å². The predicted molar refractivity (Wildman–Crippen MR) is 94.9 cm³/mol. The molecule has 1 aromatic carbocycles. The van der Waals surface area contributed by atoms with Crippen molar-refractivity contribution in [2.45, 2.75) is 13.0 Å². The smallest absolute Gasteiger partial charge is 0.270 e. The van der Waals surface area contributed by atoms with Crippen molar-refractivity contribution in [3.05, 3.63) is 57.7 Å². The molecule has 8 nitrogen and oxygen atoms in total. The third-order valence-electron chi connectivity index (χ3n) is 4.32. The monoisotopic (exact) mass is 365 g/mol.